The number of hydrogen-bond donors (Lipinski definition) is 1. The highest BCUT2D eigenvalue weighted by molar-refractivity contribution is 6.43. The molecule has 0 fully saturated rings. The lowest BCUT2D eigenvalue weighted by Gasteiger charge is -2.17. The van der Waals surface area contributed by atoms with Crippen LogP contribution in [-0.2, 0) is 0 Å². The third-order valence-electron chi connectivity index (χ3n) is 2.55. The van der Waals surface area contributed by atoms with Crippen LogP contribution < -0.4 is 5.73 Å². The number of unbranched alkanes of at least 4 members (excludes halogenated alkanes) is 1. The Balaban J connectivity index is 2.80. The summed E-state index contributed by atoms with van der Waals surface area (Å²) in [6.45, 7) is 4.30. The van der Waals surface area contributed by atoms with Gasteiger partial charge in [0.2, 0.25) is 0 Å². The van der Waals surface area contributed by atoms with E-state index in [0.717, 1.165) is 12.8 Å². The van der Waals surface area contributed by atoms with Crippen LogP contribution in [0.25, 0.3) is 0 Å². The number of nitrogen functional groups attached to an aromatic ring is 1. The van der Waals surface area contributed by atoms with E-state index < -0.39 is 0 Å². The molecular weight excluding hydrogens is 271 g/mol. The van der Waals surface area contributed by atoms with Crippen LogP contribution in [0.15, 0.2) is 24.8 Å². The van der Waals surface area contributed by atoms with Crippen LogP contribution in [0.5, 0.6) is 0 Å². The lowest BCUT2D eigenvalue weighted by atomic mass is 10.1. The van der Waals surface area contributed by atoms with Crippen LogP contribution in [0, 0.1) is 0 Å². The van der Waals surface area contributed by atoms with Gasteiger partial charge in [0, 0.05) is 19.2 Å². The molecule has 0 unspecified atom stereocenters. The van der Waals surface area contributed by atoms with E-state index in [1.807, 2.05) is 6.08 Å². The summed E-state index contributed by atoms with van der Waals surface area (Å²) in [6.07, 6.45) is 3.58. The van der Waals surface area contributed by atoms with E-state index in [1.54, 1.807) is 18.0 Å². The first-order valence-corrected chi connectivity index (χ1v) is 6.33. The van der Waals surface area contributed by atoms with E-state index in [0.29, 0.717) is 22.8 Å². The predicted molar refractivity (Wildman–Crippen MR) is 77.3 cm³/mol. The monoisotopic (exact) mass is 286 g/mol. The van der Waals surface area contributed by atoms with Crippen LogP contribution >= 0.6 is 23.2 Å². The minimum absolute atomic E-state index is 0.121. The molecule has 1 aromatic carbocycles. The van der Waals surface area contributed by atoms with Crippen molar-refractivity contribution in [3.8, 4) is 0 Å². The zero-order valence-electron chi connectivity index (χ0n) is 10.2. The Labute approximate surface area is 117 Å². The molecule has 0 saturated carbocycles. The van der Waals surface area contributed by atoms with Crippen molar-refractivity contribution >= 4 is 34.8 Å². The molecule has 0 saturated heterocycles. The lowest BCUT2D eigenvalue weighted by molar-refractivity contribution is 0.0794. The number of hydrogen-bond acceptors (Lipinski definition) is 2. The smallest absolute Gasteiger partial charge is 0.253 e. The van der Waals surface area contributed by atoms with Crippen LogP contribution in [0.3, 0.4) is 0 Å². The highest BCUT2D eigenvalue weighted by atomic mass is 35.5. The van der Waals surface area contributed by atoms with Crippen LogP contribution in [0.2, 0.25) is 10.0 Å². The molecule has 18 heavy (non-hydrogen) atoms. The van der Waals surface area contributed by atoms with Gasteiger partial charge in [0.15, 0.2) is 0 Å². The van der Waals surface area contributed by atoms with E-state index in [1.165, 1.54) is 6.07 Å². The molecule has 0 atom stereocenters. The Morgan fingerprint density at radius 1 is 1.50 bits per heavy atom. The summed E-state index contributed by atoms with van der Waals surface area (Å²) in [5.74, 6) is -0.121. The highest BCUT2D eigenvalue weighted by Crippen LogP contribution is 2.29. The first kappa shape index (κ1) is 14.9. The molecule has 0 spiro atoms. The molecule has 5 heteroatoms. The van der Waals surface area contributed by atoms with Gasteiger partial charge in [0.25, 0.3) is 5.91 Å². The van der Waals surface area contributed by atoms with E-state index in [-0.39, 0.29) is 10.9 Å². The highest BCUT2D eigenvalue weighted by Gasteiger charge is 2.14. The fourth-order valence-electron chi connectivity index (χ4n) is 1.53. The van der Waals surface area contributed by atoms with Gasteiger partial charge in [0.1, 0.15) is 0 Å². The normalized spacial score (nSPS) is 10.2. The molecule has 1 rings (SSSR count). The largest absolute Gasteiger partial charge is 0.397 e. The second-order valence-electron chi connectivity index (χ2n) is 4.02. The molecule has 0 bridgehead atoms. The number of benzene rings is 1. The lowest BCUT2D eigenvalue weighted by Crippen LogP contribution is -2.27. The maximum Gasteiger partial charge on any atom is 0.253 e. The molecule has 0 aliphatic carbocycles. The molecule has 0 aromatic heterocycles. The molecule has 1 aromatic rings. The second-order valence-corrected chi connectivity index (χ2v) is 4.80. The molecule has 98 valence electrons. The number of carbonyl (C=O) groups excluding carboxylic acids is 1. The molecule has 0 heterocycles. The second kappa shape index (κ2) is 6.66. The summed E-state index contributed by atoms with van der Waals surface area (Å²) in [4.78, 5) is 13.7. The van der Waals surface area contributed by atoms with Crippen molar-refractivity contribution in [1.82, 2.24) is 4.90 Å². The van der Waals surface area contributed by atoms with Crippen molar-refractivity contribution in [2.75, 3.05) is 19.3 Å². The van der Waals surface area contributed by atoms with Crippen molar-refractivity contribution in [2.45, 2.75) is 12.8 Å². The van der Waals surface area contributed by atoms with E-state index in [9.17, 15) is 4.79 Å². The maximum atomic E-state index is 12.1. The summed E-state index contributed by atoms with van der Waals surface area (Å²) in [5, 5.41) is 0.571. The summed E-state index contributed by atoms with van der Waals surface area (Å²) < 4.78 is 0. The molecule has 2 N–H and O–H groups in total. The van der Waals surface area contributed by atoms with Crippen molar-refractivity contribution in [3.63, 3.8) is 0 Å². The SMILES string of the molecule is C=CCCCN(C)C(=O)c1cc(N)c(Cl)c(Cl)c1. The number of nitrogens with zero attached hydrogens (tertiary/aromatic N) is 1. The van der Waals surface area contributed by atoms with Gasteiger partial charge in [-0.2, -0.15) is 0 Å². The van der Waals surface area contributed by atoms with E-state index in [4.69, 9.17) is 28.9 Å². The Morgan fingerprint density at radius 2 is 2.17 bits per heavy atom. The minimum Gasteiger partial charge on any atom is -0.397 e. The average molecular weight is 287 g/mol. The van der Waals surface area contributed by atoms with Crippen molar-refractivity contribution < 1.29 is 4.79 Å². The quantitative estimate of drug-likeness (QED) is 0.511. The first-order chi connectivity index (χ1) is 8.47. The topological polar surface area (TPSA) is 46.3 Å². The van der Waals surface area contributed by atoms with Crippen molar-refractivity contribution in [3.05, 3.63) is 40.4 Å². The van der Waals surface area contributed by atoms with Crippen molar-refractivity contribution in [2.24, 2.45) is 0 Å². The molecular formula is C13H16Cl2N2O. The number of amides is 1. The summed E-state index contributed by atoms with van der Waals surface area (Å²) in [6, 6.07) is 3.08. The van der Waals surface area contributed by atoms with Crippen LogP contribution in [0.1, 0.15) is 23.2 Å². The van der Waals surface area contributed by atoms with Gasteiger partial charge in [-0.05, 0) is 25.0 Å². The maximum absolute atomic E-state index is 12.1. The number of allylic oxidation sites excluding steroid dienone is 1. The number of carbonyl (C=O) groups is 1. The van der Waals surface area contributed by atoms with E-state index in [2.05, 4.69) is 6.58 Å². The third kappa shape index (κ3) is 3.65. The van der Waals surface area contributed by atoms with Gasteiger partial charge >= 0.3 is 0 Å². The fourth-order valence-corrected chi connectivity index (χ4v) is 1.86. The van der Waals surface area contributed by atoms with Crippen LogP contribution in [0.4, 0.5) is 5.69 Å². The zero-order valence-corrected chi connectivity index (χ0v) is 11.8. The summed E-state index contributed by atoms with van der Waals surface area (Å²) in [7, 11) is 1.74. The molecule has 3 nitrogen and oxygen atoms in total. The zero-order chi connectivity index (χ0) is 13.7. The number of halogens is 2. The Kier molecular flexibility index (Phi) is 5.51. The minimum atomic E-state index is -0.121. The summed E-state index contributed by atoms with van der Waals surface area (Å²) >= 11 is 11.7. The number of nitrogens with two attached hydrogens (primary N) is 1. The first-order valence-electron chi connectivity index (χ1n) is 5.58. The van der Waals surface area contributed by atoms with Gasteiger partial charge in [0.05, 0.1) is 15.7 Å². The number of rotatable bonds is 5. The number of anilines is 1. The molecule has 0 aliphatic rings. The van der Waals surface area contributed by atoms with Crippen molar-refractivity contribution in [1.29, 1.82) is 0 Å². The standard InChI is InChI=1S/C13H16Cl2N2O/c1-3-4-5-6-17(2)13(18)9-7-10(14)12(15)11(16)8-9/h3,7-8H,1,4-6,16H2,2H3. The predicted octanol–water partition coefficient (Wildman–Crippen LogP) is 3.61. The van der Waals surface area contributed by atoms with Gasteiger partial charge < -0.3 is 10.6 Å². The Bertz CT molecular complexity index is 437. The molecule has 0 radical (unpaired) electrons. The van der Waals surface area contributed by atoms with Gasteiger partial charge in [-0.15, -0.1) is 6.58 Å². The molecule has 1 amide bonds. The molecule has 0 aliphatic heterocycles. The Hall–Kier alpha value is -1.19. The van der Waals surface area contributed by atoms with Gasteiger partial charge in [-0.1, -0.05) is 29.3 Å². The Morgan fingerprint density at radius 3 is 2.72 bits per heavy atom. The van der Waals surface area contributed by atoms with E-state index >= 15 is 0 Å². The fraction of sp³-hybridized carbons (Fsp3) is 0.308. The summed E-state index contributed by atoms with van der Waals surface area (Å²) in [5.41, 5.74) is 6.44. The van der Waals surface area contributed by atoms with Gasteiger partial charge in [-0.3, -0.25) is 4.79 Å². The third-order valence-corrected chi connectivity index (χ3v) is 3.37. The van der Waals surface area contributed by atoms with Gasteiger partial charge in [-0.25, -0.2) is 0 Å². The van der Waals surface area contributed by atoms with Crippen LogP contribution in [-0.4, -0.2) is 24.4 Å². The average Bonchev–Trinajstić information content (AvgIpc) is 2.34.